The number of hydrogen-bond acceptors (Lipinski definition) is 6. The van der Waals surface area contributed by atoms with E-state index in [0.717, 1.165) is 16.8 Å². The molecule has 142 valence electrons. The molecular weight excluding hydrogens is 390 g/mol. The second-order valence-corrected chi connectivity index (χ2v) is 6.06. The lowest BCUT2D eigenvalue weighted by Crippen LogP contribution is -2.42. The van der Waals surface area contributed by atoms with E-state index in [1.807, 2.05) is 0 Å². The zero-order chi connectivity index (χ0) is 20.4. The van der Waals surface area contributed by atoms with Crippen LogP contribution in [0, 0.1) is 10.1 Å². The van der Waals surface area contributed by atoms with Crippen LogP contribution in [-0.2, 0) is 7.05 Å². The van der Waals surface area contributed by atoms with Gasteiger partial charge in [-0.2, -0.15) is 5.10 Å². The summed E-state index contributed by atoms with van der Waals surface area (Å²) < 4.78 is 1.02. The van der Waals surface area contributed by atoms with Gasteiger partial charge in [-0.15, -0.1) is 0 Å². The number of benzene rings is 2. The quantitative estimate of drug-likeness (QED) is 0.505. The van der Waals surface area contributed by atoms with Crippen molar-refractivity contribution in [2.24, 2.45) is 7.05 Å². The van der Waals surface area contributed by atoms with E-state index < -0.39 is 16.7 Å². The molecule has 0 radical (unpaired) electrons. The van der Waals surface area contributed by atoms with Crippen molar-refractivity contribution in [2.75, 3.05) is 0 Å². The van der Waals surface area contributed by atoms with Crippen LogP contribution in [0.3, 0.4) is 0 Å². The molecular formula is C17H12ClN5O5. The summed E-state index contributed by atoms with van der Waals surface area (Å²) in [5.41, 5.74) is 3.59. The molecule has 11 heteroatoms. The van der Waals surface area contributed by atoms with E-state index in [1.54, 1.807) is 24.3 Å². The highest BCUT2D eigenvalue weighted by Crippen LogP contribution is 2.22. The number of fused-ring (bicyclic) bond motifs is 1. The van der Waals surface area contributed by atoms with Gasteiger partial charge in [0.1, 0.15) is 0 Å². The highest BCUT2D eigenvalue weighted by Gasteiger charge is 2.18. The summed E-state index contributed by atoms with van der Waals surface area (Å²) in [4.78, 5) is 46.9. The minimum Gasteiger partial charge on any atom is -0.267 e. The van der Waals surface area contributed by atoms with E-state index in [-0.39, 0.29) is 27.5 Å². The Morgan fingerprint density at radius 3 is 2.39 bits per heavy atom. The zero-order valence-corrected chi connectivity index (χ0v) is 15.1. The topological polar surface area (TPSA) is 136 Å². The number of aryl methyl sites for hydroxylation is 1. The highest BCUT2D eigenvalue weighted by atomic mass is 35.5. The van der Waals surface area contributed by atoms with Crippen LogP contribution in [0.1, 0.15) is 20.8 Å². The molecule has 2 amide bonds. The van der Waals surface area contributed by atoms with Crippen molar-refractivity contribution >= 4 is 39.9 Å². The second-order valence-electron chi connectivity index (χ2n) is 5.65. The van der Waals surface area contributed by atoms with Crippen molar-refractivity contribution in [3.05, 3.63) is 79.2 Å². The third kappa shape index (κ3) is 3.53. The van der Waals surface area contributed by atoms with E-state index >= 15 is 0 Å². The van der Waals surface area contributed by atoms with E-state index in [2.05, 4.69) is 16.0 Å². The maximum absolute atomic E-state index is 12.5. The Morgan fingerprint density at radius 1 is 1.11 bits per heavy atom. The summed E-state index contributed by atoms with van der Waals surface area (Å²) in [6.45, 7) is 0. The van der Waals surface area contributed by atoms with Crippen LogP contribution in [-0.4, -0.2) is 26.5 Å². The van der Waals surface area contributed by atoms with Gasteiger partial charge in [0.15, 0.2) is 5.69 Å². The van der Waals surface area contributed by atoms with Gasteiger partial charge in [0, 0.05) is 24.6 Å². The summed E-state index contributed by atoms with van der Waals surface area (Å²) in [7, 11) is 1.40. The number of hydrogen-bond donors (Lipinski definition) is 2. The Morgan fingerprint density at radius 2 is 1.75 bits per heavy atom. The molecule has 0 spiro atoms. The number of halogens is 1. The van der Waals surface area contributed by atoms with Crippen molar-refractivity contribution in [1.82, 2.24) is 20.6 Å². The SMILES string of the molecule is Cn1nc(C(=O)NNC(=O)c2ccc([N+](=O)[O-])cc2Cl)c2ccccc2c1=O. The zero-order valence-electron chi connectivity index (χ0n) is 14.3. The van der Waals surface area contributed by atoms with Gasteiger partial charge in [-0.25, -0.2) is 4.68 Å². The van der Waals surface area contributed by atoms with Gasteiger partial charge < -0.3 is 0 Å². The number of carbonyl (C=O) groups excluding carboxylic acids is 2. The molecule has 2 N–H and O–H groups in total. The first kappa shape index (κ1) is 19.0. The third-order valence-corrected chi connectivity index (χ3v) is 4.18. The average Bonchev–Trinajstić information content (AvgIpc) is 2.68. The molecule has 0 saturated heterocycles. The molecule has 0 bridgehead atoms. The number of amides is 2. The Bertz CT molecular complexity index is 1190. The first-order chi connectivity index (χ1) is 13.3. The van der Waals surface area contributed by atoms with E-state index in [9.17, 15) is 24.5 Å². The van der Waals surface area contributed by atoms with Crippen LogP contribution >= 0.6 is 11.6 Å². The first-order valence-corrected chi connectivity index (χ1v) is 8.18. The number of aromatic nitrogens is 2. The van der Waals surface area contributed by atoms with Crippen molar-refractivity contribution in [3.63, 3.8) is 0 Å². The van der Waals surface area contributed by atoms with Gasteiger partial charge >= 0.3 is 0 Å². The van der Waals surface area contributed by atoms with Gasteiger partial charge in [0.2, 0.25) is 0 Å². The number of non-ortho nitro benzene ring substituents is 1. The maximum Gasteiger partial charge on any atom is 0.290 e. The Labute approximate surface area is 161 Å². The lowest BCUT2D eigenvalue weighted by molar-refractivity contribution is -0.384. The summed E-state index contributed by atoms with van der Waals surface area (Å²) in [5.74, 6) is -1.53. The number of nitro benzene ring substituents is 1. The van der Waals surface area contributed by atoms with E-state index in [1.165, 1.54) is 13.1 Å². The molecule has 0 aliphatic carbocycles. The molecule has 1 aromatic heterocycles. The molecule has 0 saturated carbocycles. The smallest absolute Gasteiger partial charge is 0.267 e. The van der Waals surface area contributed by atoms with Crippen LogP contribution in [0.2, 0.25) is 5.02 Å². The predicted molar refractivity (Wildman–Crippen MR) is 100 cm³/mol. The molecule has 2 aromatic carbocycles. The fraction of sp³-hybridized carbons (Fsp3) is 0.0588. The van der Waals surface area contributed by atoms with Crippen molar-refractivity contribution in [1.29, 1.82) is 0 Å². The van der Waals surface area contributed by atoms with Crippen LogP contribution in [0.15, 0.2) is 47.3 Å². The molecule has 0 unspecified atom stereocenters. The lowest BCUT2D eigenvalue weighted by atomic mass is 10.1. The van der Waals surface area contributed by atoms with Gasteiger partial charge in [0.25, 0.3) is 23.1 Å². The molecule has 3 rings (SSSR count). The fourth-order valence-corrected chi connectivity index (χ4v) is 2.77. The highest BCUT2D eigenvalue weighted by molar-refractivity contribution is 6.34. The van der Waals surface area contributed by atoms with E-state index in [0.29, 0.717) is 10.8 Å². The molecule has 0 atom stereocenters. The summed E-state index contributed by atoms with van der Waals surface area (Å²) >= 11 is 5.89. The normalized spacial score (nSPS) is 10.5. The minimum atomic E-state index is -0.776. The second kappa shape index (κ2) is 7.45. The van der Waals surface area contributed by atoms with Crippen molar-refractivity contribution < 1.29 is 14.5 Å². The van der Waals surface area contributed by atoms with Gasteiger partial charge in [-0.1, -0.05) is 29.8 Å². The number of rotatable bonds is 3. The number of nitro groups is 1. The molecule has 28 heavy (non-hydrogen) atoms. The van der Waals surface area contributed by atoms with Gasteiger partial charge in [0.05, 0.1) is 20.9 Å². The third-order valence-electron chi connectivity index (χ3n) is 3.87. The summed E-state index contributed by atoms with van der Waals surface area (Å²) in [5, 5.41) is 15.1. The number of carbonyl (C=O) groups is 2. The maximum atomic E-state index is 12.5. The Kier molecular flexibility index (Phi) is 5.05. The van der Waals surface area contributed by atoms with Crippen molar-refractivity contribution in [2.45, 2.75) is 0 Å². The lowest BCUT2D eigenvalue weighted by Gasteiger charge is -2.10. The standard InChI is InChI=1S/C17H12ClN5O5/c1-22-17(26)11-5-3-2-4-10(11)14(21-22)16(25)20-19-15(24)12-7-6-9(23(27)28)8-13(12)18/h2-8H,1H3,(H,19,24)(H,20,25). The largest absolute Gasteiger partial charge is 0.290 e. The van der Waals surface area contributed by atoms with Crippen molar-refractivity contribution in [3.8, 4) is 0 Å². The van der Waals surface area contributed by atoms with Crippen LogP contribution in [0.5, 0.6) is 0 Å². The molecule has 0 aliphatic rings. The van der Waals surface area contributed by atoms with E-state index in [4.69, 9.17) is 11.6 Å². The summed E-state index contributed by atoms with van der Waals surface area (Å²) in [6, 6.07) is 9.74. The van der Waals surface area contributed by atoms with Crippen LogP contribution < -0.4 is 16.4 Å². The number of nitrogens with one attached hydrogen (secondary N) is 2. The minimum absolute atomic E-state index is 0.0622. The predicted octanol–water partition coefficient (Wildman–Crippen LogP) is 1.57. The average molecular weight is 402 g/mol. The molecule has 1 heterocycles. The Balaban J connectivity index is 1.82. The first-order valence-electron chi connectivity index (χ1n) is 7.80. The molecule has 3 aromatic rings. The monoisotopic (exact) mass is 401 g/mol. The molecule has 10 nitrogen and oxygen atoms in total. The number of hydrazine groups is 1. The van der Waals surface area contributed by atoms with Gasteiger partial charge in [-0.3, -0.25) is 35.3 Å². The molecule has 0 aliphatic heterocycles. The van der Waals surface area contributed by atoms with Crippen LogP contribution in [0.4, 0.5) is 5.69 Å². The Hall–Kier alpha value is -3.79. The fourth-order valence-electron chi connectivity index (χ4n) is 2.51. The summed E-state index contributed by atoms with van der Waals surface area (Å²) in [6.07, 6.45) is 0. The number of nitrogens with zero attached hydrogens (tertiary/aromatic N) is 3. The molecule has 0 fully saturated rings. The van der Waals surface area contributed by atoms with Crippen LogP contribution in [0.25, 0.3) is 10.8 Å². The van der Waals surface area contributed by atoms with Gasteiger partial charge in [-0.05, 0) is 12.1 Å².